The monoisotopic (exact) mass is 526 g/mol. The third-order valence-electron chi connectivity index (χ3n) is 6.64. The number of methoxy groups -OCH3 is 2. The van der Waals surface area contributed by atoms with Gasteiger partial charge < -0.3 is 20.5 Å². The van der Waals surface area contributed by atoms with Crippen LogP contribution >= 0.6 is 0 Å². The first-order valence-corrected chi connectivity index (χ1v) is 12.3. The number of nitrogen functional groups attached to an aromatic ring is 1. The molecule has 0 radical (unpaired) electrons. The van der Waals surface area contributed by atoms with Gasteiger partial charge in [0, 0.05) is 41.7 Å². The quantitative estimate of drug-likeness (QED) is 0.252. The first-order chi connectivity index (χ1) is 18.9. The molecule has 1 aromatic heterocycles. The zero-order chi connectivity index (χ0) is 27.5. The van der Waals surface area contributed by atoms with Gasteiger partial charge in [0.2, 0.25) is 0 Å². The fourth-order valence-corrected chi connectivity index (χ4v) is 4.53. The van der Waals surface area contributed by atoms with Gasteiger partial charge in [0.25, 0.3) is 0 Å². The summed E-state index contributed by atoms with van der Waals surface area (Å²) in [5.74, 6) is 1.26. The van der Waals surface area contributed by atoms with E-state index in [-0.39, 0.29) is 12.2 Å². The van der Waals surface area contributed by atoms with E-state index < -0.39 is 0 Å². The number of aryl methyl sites for hydroxylation is 1. The first kappa shape index (κ1) is 25.8. The number of pyridine rings is 1. The molecule has 0 bridgehead atoms. The fraction of sp³-hybridized carbons (Fsp3) is 0.129. The molecular weight excluding hydrogens is 498 g/mol. The molecule has 1 aliphatic rings. The second kappa shape index (κ2) is 10.9. The fourth-order valence-electron chi connectivity index (χ4n) is 4.53. The summed E-state index contributed by atoms with van der Waals surface area (Å²) >= 11 is 0. The lowest BCUT2D eigenvalue weighted by Crippen LogP contribution is -2.18. The molecule has 0 fully saturated rings. The van der Waals surface area contributed by atoms with Gasteiger partial charge in [-0.05, 0) is 65.6 Å². The van der Waals surface area contributed by atoms with Crippen LogP contribution in [0, 0.1) is 12.7 Å². The van der Waals surface area contributed by atoms with Crippen molar-refractivity contribution in [1.82, 2.24) is 10.3 Å². The number of hydrogen-bond donors (Lipinski definition) is 2. The number of aromatic nitrogens is 1. The summed E-state index contributed by atoms with van der Waals surface area (Å²) in [5.41, 5.74) is 12.1. The van der Waals surface area contributed by atoms with Crippen molar-refractivity contribution in [2.24, 2.45) is 0 Å². The SMILES string of the molecule is COc1ccc(-c2cnc(N)c(-c3ccc(N(F)C4=CNC=C(c5ccc(C)cc5F)C4)cc3)c2)cc1OC. The highest BCUT2D eigenvalue weighted by Gasteiger charge is 2.19. The van der Waals surface area contributed by atoms with E-state index >= 15 is 4.48 Å². The highest BCUT2D eigenvalue weighted by Crippen LogP contribution is 2.36. The Kier molecular flexibility index (Phi) is 7.19. The van der Waals surface area contributed by atoms with Crippen LogP contribution in [0.25, 0.3) is 27.8 Å². The molecule has 0 saturated heterocycles. The van der Waals surface area contributed by atoms with Crippen molar-refractivity contribution in [1.29, 1.82) is 0 Å². The largest absolute Gasteiger partial charge is 0.493 e. The van der Waals surface area contributed by atoms with Crippen molar-refractivity contribution in [2.45, 2.75) is 13.3 Å². The molecule has 0 saturated carbocycles. The Labute approximate surface area is 225 Å². The van der Waals surface area contributed by atoms with Crippen molar-refractivity contribution < 1.29 is 18.3 Å². The number of allylic oxidation sites excluding steroid dienone is 1. The van der Waals surface area contributed by atoms with Crippen LogP contribution in [0.2, 0.25) is 0 Å². The van der Waals surface area contributed by atoms with E-state index in [0.717, 1.165) is 27.8 Å². The van der Waals surface area contributed by atoms with Gasteiger partial charge in [-0.3, -0.25) is 0 Å². The first-order valence-electron chi connectivity index (χ1n) is 12.3. The Morgan fingerprint density at radius 1 is 0.846 bits per heavy atom. The molecule has 6 nitrogen and oxygen atoms in total. The standard InChI is InChI=1S/C31H28F2N4O2/c1-19-4-10-26(28(32)12-19)23-13-25(18-35-16-23)37(33)24-8-5-20(6-9-24)27-14-22(17-36-31(27)34)21-7-11-29(38-2)30(15-21)39-3/h4-12,14-18,35H,13H2,1-3H3,(H2,34,36). The summed E-state index contributed by atoms with van der Waals surface area (Å²) in [7, 11) is 3.17. The van der Waals surface area contributed by atoms with E-state index in [2.05, 4.69) is 10.3 Å². The zero-order valence-corrected chi connectivity index (χ0v) is 21.8. The predicted molar refractivity (Wildman–Crippen MR) is 151 cm³/mol. The van der Waals surface area contributed by atoms with Crippen molar-refractivity contribution >= 4 is 17.1 Å². The van der Waals surface area contributed by atoms with Gasteiger partial charge in [-0.2, -0.15) is 5.12 Å². The van der Waals surface area contributed by atoms with Crippen LogP contribution in [0.1, 0.15) is 17.5 Å². The summed E-state index contributed by atoms with van der Waals surface area (Å²) in [6.45, 7) is 1.83. The van der Waals surface area contributed by atoms with E-state index in [1.54, 1.807) is 63.1 Å². The topological polar surface area (TPSA) is 72.6 Å². The van der Waals surface area contributed by atoms with E-state index in [4.69, 9.17) is 15.2 Å². The van der Waals surface area contributed by atoms with Gasteiger partial charge in [-0.15, -0.1) is 0 Å². The van der Waals surface area contributed by atoms with Crippen LogP contribution in [-0.2, 0) is 0 Å². The van der Waals surface area contributed by atoms with Crippen molar-refractivity contribution in [3.8, 4) is 33.8 Å². The molecule has 0 unspecified atom stereocenters. The van der Waals surface area contributed by atoms with Crippen molar-refractivity contribution in [3.63, 3.8) is 0 Å². The number of hydrogen-bond acceptors (Lipinski definition) is 6. The molecule has 198 valence electrons. The number of nitrogens with two attached hydrogens (primary N) is 1. The van der Waals surface area contributed by atoms with Gasteiger partial charge >= 0.3 is 0 Å². The van der Waals surface area contributed by atoms with Gasteiger partial charge in [-0.1, -0.05) is 34.8 Å². The van der Waals surface area contributed by atoms with Gasteiger partial charge in [0.15, 0.2) is 11.5 Å². The lowest BCUT2D eigenvalue weighted by molar-refractivity contribution is 0.355. The molecule has 8 heteroatoms. The second-order valence-corrected chi connectivity index (χ2v) is 9.19. The maximum atomic E-state index is 15.5. The molecule has 39 heavy (non-hydrogen) atoms. The number of dihydropyridines is 1. The minimum Gasteiger partial charge on any atom is -0.493 e. The Bertz CT molecular complexity index is 1580. The highest BCUT2D eigenvalue weighted by atomic mass is 19.2. The lowest BCUT2D eigenvalue weighted by Gasteiger charge is -2.22. The highest BCUT2D eigenvalue weighted by molar-refractivity contribution is 5.81. The summed E-state index contributed by atoms with van der Waals surface area (Å²) in [4.78, 5) is 4.38. The minimum absolute atomic E-state index is 0.232. The number of benzene rings is 3. The van der Waals surface area contributed by atoms with Crippen LogP contribution < -0.4 is 25.6 Å². The molecule has 4 aromatic rings. The molecular formula is C31H28F2N4O2. The number of anilines is 2. The second-order valence-electron chi connectivity index (χ2n) is 9.19. The third-order valence-corrected chi connectivity index (χ3v) is 6.64. The Hall–Kier alpha value is -4.85. The van der Waals surface area contributed by atoms with Crippen LogP contribution in [0.3, 0.4) is 0 Å². The summed E-state index contributed by atoms with van der Waals surface area (Å²) in [6, 6.07) is 19.5. The van der Waals surface area contributed by atoms with Crippen molar-refractivity contribution in [3.05, 3.63) is 108 Å². The molecule has 0 atom stereocenters. The zero-order valence-electron chi connectivity index (χ0n) is 21.8. The van der Waals surface area contributed by atoms with E-state index in [1.807, 2.05) is 37.3 Å². The number of nitrogens with one attached hydrogen (secondary N) is 1. The van der Waals surface area contributed by atoms with E-state index in [0.29, 0.717) is 45.0 Å². The summed E-state index contributed by atoms with van der Waals surface area (Å²) in [6.07, 6.45) is 5.19. The summed E-state index contributed by atoms with van der Waals surface area (Å²) < 4.78 is 40.7. The maximum absolute atomic E-state index is 15.5. The van der Waals surface area contributed by atoms with Crippen molar-refractivity contribution in [2.75, 3.05) is 25.1 Å². The number of nitrogens with zero attached hydrogens (tertiary/aromatic N) is 2. The Morgan fingerprint density at radius 3 is 2.31 bits per heavy atom. The molecule has 3 aromatic carbocycles. The lowest BCUT2D eigenvalue weighted by atomic mass is 9.98. The molecule has 2 heterocycles. The average molecular weight is 527 g/mol. The van der Waals surface area contributed by atoms with Gasteiger partial charge in [-0.25, -0.2) is 9.37 Å². The Balaban J connectivity index is 1.37. The van der Waals surface area contributed by atoms with Gasteiger partial charge in [0.05, 0.1) is 25.6 Å². The molecule has 3 N–H and O–H groups in total. The van der Waals surface area contributed by atoms with E-state index in [1.165, 1.54) is 6.07 Å². The van der Waals surface area contributed by atoms with Crippen LogP contribution in [0.15, 0.2) is 91.0 Å². The number of rotatable bonds is 7. The van der Waals surface area contributed by atoms with Crippen LogP contribution in [0.5, 0.6) is 11.5 Å². The maximum Gasteiger partial charge on any atom is 0.161 e. The number of halogens is 2. The molecule has 0 aliphatic carbocycles. The number of ether oxygens (including phenoxy) is 2. The normalized spacial score (nSPS) is 12.7. The third kappa shape index (κ3) is 5.27. The molecule has 0 amide bonds. The smallest absolute Gasteiger partial charge is 0.161 e. The molecule has 0 spiro atoms. The molecule has 1 aliphatic heterocycles. The predicted octanol–water partition coefficient (Wildman–Crippen LogP) is 7.03. The average Bonchev–Trinajstić information content (AvgIpc) is 2.97. The van der Waals surface area contributed by atoms with E-state index in [9.17, 15) is 4.39 Å². The van der Waals surface area contributed by atoms with Crippen LogP contribution in [-0.4, -0.2) is 19.2 Å². The van der Waals surface area contributed by atoms with Crippen LogP contribution in [0.4, 0.5) is 20.4 Å². The minimum atomic E-state index is -0.333. The van der Waals surface area contributed by atoms with Gasteiger partial charge in [0.1, 0.15) is 11.6 Å². The Morgan fingerprint density at radius 2 is 1.59 bits per heavy atom. The molecule has 5 rings (SSSR count). The summed E-state index contributed by atoms with van der Waals surface area (Å²) in [5, 5.41) is 3.54.